The predicted octanol–water partition coefficient (Wildman–Crippen LogP) is 4.52. The SMILES string of the molecule is Cc1cc(N(C)C)nc(Nc2ccc(NC(=O)Nc3ccc(F)cc3F)cc2)n1. The van der Waals surface area contributed by atoms with Crippen molar-refractivity contribution >= 4 is 34.9 Å². The van der Waals surface area contributed by atoms with Gasteiger partial charge in [0.15, 0.2) is 0 Å². The number of urea groups is 1. The standard InChI is InChI=1S/C20H20F2N6O/c1-12-10-18(28(2)3)27-19(23-12)24-14-5-7-15(8-6-14)25-20(29)26-17-9-4-13(21)11-16(17)22/h4-11H,1-3H3,(H,23,24,27)(H2,25,26,29). The zero-order valence-corrected chi connectivity index (χ0v) is 16.1. The highest BCUT2D eigenvalue weighted by Gasteiger charge is 2.09. The molecule has 2 amide bonds. The van der Waals surface area contributed by atoms with Crippen LogP contribution in [-0.4, -0.2) is 30.1 Å². The molecule has 0 bridgehead atoms. The van der Waals surface area contributed by atoms with E-state index in [2.05, 4.69) is 25.9 Å². The number of aromatic nitrogens is 2. The number of carbonyl (C=O) groups excluding carboxylic acids is 1. The van der Waals surface area contributed by atoms with Crippen molar-refractivity contribution in [2.75, 3.05) is 34.9 Å². The number of rotatable bonds is 5. The lowest BCUT2D eigenvalue weighted by Gasteiger charge is -2.14. The van der Waals surface area contributed by atoms with Gasteiger partial charge in [-0.2, -0.15) is 4.98 Å². The van der Waals surface area contributed by atoms with Crippen LogP contribution in [0, 0.1) is 18.6 Å². The highest BCUT2D eigenvalue weighted by Crippen LogP contribution is 2.20. The number of benzene rings is 2. The smallest absolute Gasteiger partial charge is 0.323 e. The van der Waals surface area contributed by atoms with Gasteiger partial charge in [0.2, 0.25) is 5.95 Å². The van der Waals surface area contributed by atoms with Crippen molar-refractivity contribution < 1.29 is 13.6 Å². The summed E-state index contributed by atoms with van der Waals surface area (Å²) in [5.74, 6) is -0.330. The van der Waals surface area contributed by atoms with Gasteiger partial charge in [0.25, 0.3) is 0 Å². The molecule has 150 valence electrons. The highest BCUT2D eigenvalue weighted by molar-refractivity contribution is 5.99. The number of hydrogen-bond donors (Lipinski definition) is 3. The van der Waals surface area contributed by atoms with Gasteiger partial charge in [-0.15, -0.1) is 0 Å². The molecular formula is C20H20F2N6O. The van der Waals surface area contributed by atoms with Gasteiger partial charge in [-0.05, 0) is 43.3 Å². The molecule has 2 aromatic carbocycles. The molecule has 1 heterocycles. The molecule has 0 atom stereocenters. The number of carbonyl (C=O) groups is 1. The fourth-order valence-corrected chi connectivity index (χ4v) is 2.48. The average molecular weight is 398 g/mol. The molecule has 3 rings (SSSR count). The lowest BCUT2D eigenvalue weighted by atomic mass is 10.2. The van der Waals surface area contributed by atoms with E-state index in [0.29, 0.717) is 17.7 Å². The summed E-state index contributed by atoms with van der Waals surface area (Å²) in [6.45, 7) is 1.88. The lowest BCUT2D eigenvalue weighted by Crippen LogP contribution is -2.20. The topological polar surface area (TPSA) is 82.2 Å². The number of aryl methyl sites for hydroxylation is 1. The van der Waals surface area contributed by atoms with Crippen molar-refractivity contribution in [1.82, 2.24) is 9.97 Å². The molecule has 0 saturated heterocycles. The summed E-state index contributed by atoms with van der Waals surface area (Å²) in [5, 5.41) is 8.02. The van der Waals surface area contributed by atoms with Crippen LogP contribution >= 0.6 is 0 Å². The van der Waals surface area contributed by atoms with E-state index in [0.717, 1.165) is 29.3 Å². The molecule has 3 N–H and O–H groups in total. The molecule has 1 aromatic heterocycles. The Kier molecular flexibility index (Phi) is 5.87. The van der Waals surface area contributed by atoms with Crippen LogP contribution in [0.5, 0.6) is 0 Å². The van der Waals surface area contributed by atoms with Crippen LogP contribution in [0.15, 0.2) is 48.5 Å². The Morgan fingerprint density at radius 2 is 1.62 bits per heavy atom. The fourth-order valence-electron chi connectivity index (χ4n) is 2.48. The minimum atomic E-state index is -0.852. The van der Waals surface area contributed by atoms with Crippen LogP contribution in [0.3, 0.4) is 0 Å². The first-order valence-electron chi connectivity index (χ1n) is 8.73. The fraction of sp³-hybridized carbons (Fsp3) is 0.150. The molecule has 0 unspecified atom stereocenters. The van der Waals surface area contributed by atoms with E-state index < -0.39 is 17.7 Å². The summed E-state index contributed by atoms with van der Waals surface area (Å²) < 4.78 is 26.5. The third-order valence-electron chi connectivity index (χ3n) is 3.88. The van der Waals surface area contributed by atoms with Crippen LogP contribution in [0.1, 0.15) is 5.69 Å². The molecule has 29 heavy (non-hydrogen) atoms. The van der Waals surface area contributed by atoms with E-state index in [4.69, 9.17) is 0 Å². The van der Waals surface area contributed by atoms with Crippen LogP contribution < -0.4 is 20.9 Å². The third kappa shape index (κ3) is 5.38. The van der Waals surface area contributed by atoms with Crippen molar-refractivity contribution in [3.05, 3.63) is 65.9 Å². The summed E-state index contributed by atoms with van der Waals surface area (Å²) >= 11 is 0. The maximum absolute atomic E-state index is 13.6. The number of nitrogens with one attached hydrogen (secondary N) is 3. The van der Waals surface area contributed by atoms with Crippen LogP contribution in [0.4, 0.5) is 42.4 Å². The van der Waals surface area contributed by atoms with Crippen molar-refractivity contribution in [2.45, 2.75) is 6.92 Å². The summed E-state index contributed by atoms with van der Waals surface area (Å²) in [6.07, 6.45) is 0. The average Bonchev–Trinajstić information content (AvgIpc) is 2.65. The minimum absolute atomic E-state index is 0.115. The van der Waals surface area contributed by atoms with Crippen molar-refractivity contribution in [1.29, 1.82) is 0 Å². The second-order valence-corrected chi connectivity index (χ2v) is 6.49. The Labute approximate surface area is 166 Å². The van der Waals surface area contributed by atoms with Gasteiger partial charge in [-0.25, -0.2) is 18.6 Å². The maximum Gasteiger partial charge on any atom is 0.323 e. The number of anilines is 5. The number of amides is 2. The second kappa shape index (κ2) is 8.51. The Balaban J connectivity index is 1.63. The second-order valence-electron chi connectivity index (χ2n) is 6.49. The Morgan fingerprint density at radius 3 is 2.28 bits per heavy atom. The normalized spacial score (nSPS) is 10.4. The molecule has 3 aromatic rings. The van der Waals surface area contributed by atoms with E-state index in [1.807, 2.05) is 32.0 Å². The zero-order valence-electron chi connectivity index (χ0n) is 16.1. The summed E-state index contributed by atoms with van der Waals surface area (Å²) in [6, 6.07) is 11.0. The lowest BCUT2D eigenvalue weighted by molar-refractivity contribution is 0.262. The molecule has 0 radical (unpaired) electrons. The summed E-state index contributed by atoms with van der Waals surface area (Å²) in [5.41, 5.74) is 1.94. The van der Waals surface area contributed by atoms with Gasteiger partial charge in [0.05, 0.1) is 5.69 Å². The van der Waals surface area contributed by atoms with Crippen LogP contribution in [0.25, 0.3) is 0 Å². The van der Waals surface area contributed by atoms with Crippen molar-refractivity contribution in [3.63, 3.8) is 0 Å². The molecular weight excluding hydrogens is 378 g/mol. The largest absolute Gasteiger partial charge is 0.363 e. The van der Waals surface area contributed by atoms with Crippen molar-refractivity contribution in [3.8, 4) is 0 Å². The van der Waals surface area contributed by atoms with Gasteiger partial charge >= 0.3 is 6.03 Å². The summed E-state index contributed by atoms with van der Waals surface area (Å²) in [7, 11) is 3.80. The van der Waals surface area contributed by atoms with Gasteiger partial charge in [-0.1, -0.05) is 0 Å². The zero-order chi connectivity index (χ0) is 21.0. The molecule has 0 aliphatic rings. The molecule has 0 spiro atoms. The molecule has 0 aliphatic heterocycles. The third-order valence-corrected chi connectivity index (χ3v) is 3.88. The van der Waals surface area contributed by atoms with Gasteiger partial charge in [0.1, 0.15) is 17.5 Å². The summed E-state index contributed by atoms with van der Waals surface area (Å²) in [4.78, 5) is 22.7. The van der Waals surface area contributed by atoms with Gasteiger partial charge < -0.3 is 20.9 Å². The predicted molar refractivity (Wildman–Crippen MR) is 110 cm³/mol. The number of hydrogen-bond acceptors (Lipinski definition) is 5. The molecule has 0 saturated carbocycles. The minimum Gasteiger partial charge on any atom is -0.363 e. The Bertz CT molecular complexity index is 1020. The maximum atomic E-state index is 13.6. The molecule has 0 fully saturated rings. The molecule has 7 nitrogen and oxygen atoms in total. The van der Waals surface area contributed by atoms with Crippen LogP contribution in [-0.2, 0) is 0 Å². The van der Waals surface area contributed by atoms with Crippen molar-refractivity contribution in [2.24, 2.45) is 0 Å². The first-order valence-corrected chi connectivity index (χ1v) is 8.73. The van der Waals surface area contributed by atoms with E-state index in [9.17, 15) is 13.6 Å². The number of nitrogens with zero attached hydrogens (tertiary/aromatic N) is 3. The van der Waals surface area contributed by atoms with Gasteiger partial charge in [0, 0.05) is 43.3 Å². The first-order chi connectivity index (χ1) is 13.8. The van der Waals surface area contributed by atoms with E-state index in [1.54, 1.807) is 24.3 Å². The van der Waals surface area contributed by atoms with Gasteiger partial charge in [-0.3, -0.25) is 0 Å². The monoisotopic (exact) mass is 398 g/mol. The Morgan fingerprint density at radius 1 is 0.931 bits per heavy atom. The van der Waals surface area contributed by atoms with E-state index in [1.165, 1.54) is 0 Å². The Hall–Kier alpha value is -3.75. The van der Waals surface area contributed by atoms with E-state index in [-0.39, 0.29) is 5.69 Å². The van der Waals surface area contributed by atoms with Crippen LogP contribution in [0.2, 0.25) is 0 Å². The molecule has 9 heteroatoms. The highest BCUT2D eigenvalue weighted by atomic mass is 19.1. The van der Waals surface area contributed by atoms with E-state index >= 15 is 0 Å². The quantitative estimate of drug-likeness (QED) is 0.589. The molecule has 0 aliphatic carbocycles. The first kappa shape index (κ1) is 20.0. The number of halogens is 2.